The minimum Gasteiger partial charge on any atom is -0.483 e. The first-order valence-electron chi connectivity index (χ1n) is 7.89. The van der Waals surface area contributed by atoms with E-state index in [1.807, 2.05) is 56.6 Å². The van der Waals surface area contributed by atoms with Gasteiger partial charge in [-0.1, -0.05) is 50.2 Å². The second-order valence-corrected chi connectivity index (χ2v) is 6.94. The molecule has 1 amide bonds. The van der Waals surface area contributed by atoms with Crippen LogP contribution < -0.4 is 10.1 Å². The number of carbonyl (C=O) groups is 1. The van der Waals surface area contributed by atoms with Crippen LogP contribution in [0.4, 0.5) is 0 Å². The molecule has 2 aromatic rings. The molecule has 0 aliphatic rings. The van der Waals surface area contributed by atoms with Gasteiger partial charge in [0, 0.05) is 18.5 Å². The Kier molecular flexibility index (Phi) is 5.61. The molecule has 0 unspecified atom stereocenters. The van der Waals surface area contributed by atoms with E-state index < -0.39 is 0 Å². The fourth-order valence-corrected chi connectivity index (χ4v) is 2.77. The molecule has 2 aromatic carbocycles. The van der Waals surface area contributed by atoms with Crippen LogP contribution in [0.25, 0.3) is 10.8 Å². The van der Waals surface area contributed by atoms with Crippen LogP contribution in [0.2, 0.25) is 0 Å². The van der Waals surface area contributed by atoms with Gasteiger partial charge in [-0.15, -0.1) is 0 Å². The smallest absolute Gasteiger partial charge is 0.257 e. The van der Waals surface area contributed by atoms with Crippen molar-refractivity contribution in [3.63, 3.8) is 0 Å². The van der Waals surface area contributed by atoms with Gasteiger partial charge in [0.1, 0.15) is 5.75 Å². The van der Waals surface area contributed by atoms with Crippen LogP contribution in [0.5, 0.6) is 5.75 Å². The van der Waals surface area contributed by atoms with Crippen molar-refractivity contribution in [2.45, 2.75) is 13.8 Å². The van der Waals surface area contributed by atoms with Crippen LogP contribution in [-0.2, 0) is 4.79 Å². The summed E-state index contributed by atoms with van der Waals surface area (Å²) < 4.78 is 5.70. The first kappa shape index (κ1) is 17.3. The highest BCUT2D eigenvalue weighted by Gasteiger charge is 2.19. The fraction of sp³-hybridized carbons (Fsp3) is 0.421. The van der Waals surface area contributed by atoms with Crippen LogP contribution in [0.3, 0.4) is 0 Å². The van der Waals surface area contributed by atoms with Gasteiger partial charge in [-0.2, -0.15) is 0 Å². The summed E-state index contributed by atoms with van der Waals surface area (Å²) in [5.74, 6) is 0.649. The molecule has 0 saturated heterocycles. The molecule has 0 atom stereocenters. The molecule has 0 aromatic heterocycles. The maximum absolute atomic E-state index is 12.0. The maximum atomic E-state index is 12.0. The number of nitrogens with zero attached hydrogens (tertiary/aromatic N) is 1. The predicted molar refractivity (Wildman–Crippen MR) is 94.8 cm³/mol. The Bertz CT molecular complexity index is 660. The normalized spacial score (nSPS) is 11.7. The molecule has 23 heavy (non-hydrogen) atoms. The number of carbonyl (C=O) groups excluding carboxylic acids is 1. The summed E-state index contributed by atoms with van der Waals surface area (Å²) >= 11 is 0. The standard InChI is InChI=1S/C19H26N2O2/c1-19(2,14-21(3)4)13-20-18(22)12-23-17-11-7-9-15-8-5-6-10-16(15)17/h5-11H,12-14H2,1-4H3,(H,20,22). The summed E-state index contributed by atoms with van der Waals surface area (Å²) in [6, 6.07) is 13.9. The summed E-state index contributed by atoms with van der Waals surface area (Å²) in [4.78, 5) is 14.2. The fourth-order valence-electron chi connectivity index (χ4n) is 2.77. The molecule has 0 radical (unpaired) electrons. The zero-order valence-electron chi connectivity index (χ0n) is 14.4. The van der Waals surface area contributed by atoms with Gasteiger partial charge in [-0.3, -0.25) is 4.79 Å². The van der Waals surface area contributed by atoms with E-state index in [1.165, 1.54) is 0 Å². The van der Waals surface area contributed by atoms with Crippen molar-refractivity contribution in [3.8, 4) is 5.75 Å². The minimum atomic E-state index is -0.0928. The van der Waals surface area contributed by atoms with Gasteiger partial charge in [0.15, 0.2) is 6.61 Å². The predicted octanol–water partition coefficient (Wildman–Crippen LogP) is 2.92. The van der Waals surface area contributed by atoms with E-state index in [2.05, 4.69) is 24.1 Å². The van der Waals surface area contributed by atoms with Crippen molar-refractivity contribution in [1.82, 2.24) is 10.2 Å². The summed E-state index contributed by atoms with van der Waals surface area (Å²) in [7, 11) is 4.07. The Morgan fingerprint density at radius 2 is 1.83 bits per heavy atom. The largest absolute Gasteiger partial charge is 0.483 e. The first-order valence-corrected chi connectivity index (χ1v) is 7.89. The Hall–Kier alpha value is -2.07. The molecule has 0 spiro atoms. The number of hydrogen-bond acceptors (Lipinski definition) is 3. The summed E-state index contributed by atoms with van der Waals surface area (Å²) in [5, 5.41) is 5.09. The Morgan fingerprint density at radius 3 is 2.57 bits per heavy atom. The highest BCUT2D eigenvalue weighted by atomic mass is 16.5. The van der Waals surface area contributed by atoms with E-state index in [0.717, 1.165) is 23.1 Å². The summed E-state index contributed by atoms with van der Waals surface area (Å²) in [5.41, 5.74) is 0.0264. The molecule has 0 saturated carbocycles. The number of fused-ring (bicyclic) bond motifs is 1. The number of benzene rings is 2. The van der Waals surface area contributed by atoms with Crippen LogP contribution in [0.15, 0.2) is 42.5 Å². The van der Waals surface area contributed by atoms with Gasteiger partial charge in [-0.25, -0.2) is 0 Å². The third-order valence-electron chi connectivity index (χ3n) is 3.62. The average Bonchev–Trinajstić information content (AvgIpc) is 2.49. The lowest BCUT2D eigenvalue weighted by molar-refractivity contribution is -0.123. The molecule has 0 fully saturated rings. The molecule has 4 heteroatoms. The van der Waals surface area contributed by atoms with Crippen molar-refractivity contribution < 1.29 is 9.53 Å². The van der Waals surface area contributed by atoms with E-state index in [9.17, 15) is 4.79 Å². The van der Waals surface area contributed by atoms with Gasteiger partial charge >= 0.3 is 0 Å². The van der Waals surface area contributed by atoms with Gasteiger partial charge in [0.05, 0.1) is 0 Å². The second kappa shape index (κ2) is 7.47. The Labute approximate surface area is 138 Å². The lowest BCUT2D eigenvalue weighted by Gasteiger charge is -2.28. The zero-order valence-corrected chi connectivity index (χ0v) is 14.4. The van der Waals surface area contributed by atoms with Crippen molar-refractivity contribution in [3.05, 3.63) is 42.5 Å². The van der Waals surface area contributed by atoms with Crippen molar-refractivity contribution in [2.24, 2.45) is 5.41 Å². The van der Waals surface area contributed by atoms with E-state index in [4.69, 9.17) is 4.74 Å². The molecule has 1 N–H and O–H groups in total. The van der Waals surface area contributed by atoms with Crippen LogP contribution in [0.1, 0.15) is 13.8 Å². The highest BCUT2D eigenvalue weighted by molar-refractivity contribution is 5.88. The van der Waals surface area contributed by atoms with Crippen LogP contribution in [-0.4, -0.2) is 44.6 Å². The number of amides is 1. The van der Waals surface area contributed by atoms with E-state index in [1.54, 1.807) is 0 Å². The molecular weight excluding hydrogens is 288 g/mol. The van der Waals surface area contributed by atoms with Gasteiger partial charge in [0.25, 0.3) is 5.91 Å². The number of hydrogen-bond donors (Lipinski definition) is 1. The van der Waals surface area contributed by atoms with Gasteiger partial charge in [-0.05, 0) is 31.0 Å². The molecule has 124 valence electrons. The first-order chi connectivity index (χ1) is 10.9. The SMILES string of the molecule is CN(C)CC(C)(C)CNC(=O)COc1cccc2ccccc12. The lowest BCUT2D eigenvalue weighted by atomic mass is 9.93. The van der Waals surface area contributed by atoms with Crippen LogP contribution in [0, 0.1) is 5.41 Å². The summed E-state index contributed by atoms with van der Waals surface area (Å²) in [6.07, 6.45) is 0. The van der Waals surface area contributed by atoms with Crippen LogP contribution >= 0.6 is 0 Å². The van der Waals surface area contributed by atoms with E-state index >= 15 is 0 Å². The molecule has 0 bridgehead atoms. The average molecular weight is 314 g/mol. The third kappa shape index (κ3) is 5.25. The lowest BCUT2D eigenvalue weighted by Crippen LogP contribution is -2.41. The van der Waals surface area contributed by atoms with Crippen molar-refractivity contribution in [2.75, 3.05) is 33.8 Å². The zero-order chi connectivity index (χ0) is 16.9. The minimum absolute atomic E-state index is 0.0264. The monoisotopic (exact) mass is 314 g/mol. The molecule has 0 heterocycles. The maximum Gasteiger partial charge on any atom is 0.257 e. The molecular formula is C19H26N2O2. The Balaban J connectivity index is 1.89. The van der Waals surface area contributed by atoms with E-state index in [-0.39, 0.29) is 17.9 Å². The second-order valence-electron chi connectivity index (χ2n) is 6.94. The van der Waals surface area contributed by atoms with Gasteiger partial charge in [0.2, 0.25) is 0 Å². The molecule has 2 rings (SSSR count). The summed E-state index contributed by atoms with van der Waals surface area (Å²) in [6.45, 7) is 5.85. The quantitative estimate of drug-likeness (QED) is 0.854. The number of rotatable bonds is 7. The van der Waals surface area contributed by atoms with E-state index in [0.29, 0.717) is 6.54 Å². The topological polar surface area (TPSA) is 41.6 Å². The molecule has 0 aliphatic carbocycles. The van der Waals surface area contributed by atoms with Gasteiger partial charge < -0.3 is 15.0 Å². The Morgan fingerprint density at radius 1 is 1.13 bits per heavy atom. The molecule has 0 aliphatic heterocycles. The number of nitrogens with one attached hydrogen (secondary N) is 1. The number of ether oxygens (including phenoxy) is 1. The highest BCUT2D eigenvalue weighted by Crippen LogP contribution is 2.25. The van der Waals surface area contributed by atoms with Crippen molar-refractivity contribution in [1.29, 1.82) is 0 Å². The third-order valence-corrected chi connectivity index (χ3v) is 3.62. The molecule has 4 nitrogen and oxygen atoms in total. The van der Waals surface area contributed by atoms with Crippen molar-refractivity contribution >= 4 is 16.7 Å².